The number of nitrogens with zero attached hydrogens (tertiary/aromatic N) is 2. The smallest absolute Gasteiger partial charge is 0.121 e. The van der Waals surface area contributed by atoms with Gasteiger partial charge in [0, 0.05) is 12.6 Å². The van der Waals surface area contributed by atoms with Crippen LogP contribution in [-0.2, 0) is 6.54 Å². The van der Waals surface area contributed by atoms with E-state index in [-0.39, 0.29) is 0 Å². The quantitative estimate of drug-likeness (QED) is 0.907. The molecule has 0 radical (unpaired) electrons. The van der Waals surface area contributed by atoms with E-state index in [0.717, 1.165) is 17.7 Å². The van der Waals surface area contributed by atoms with E-state index in [1.807, 2.05) is 13.8 Å². The van der Waals surface area contributed by atoms with Crippen LogP contribution in [0, 0.1) is 13.8 Å². The zero-order valence-corrected chi connectivity index (χ0v) is 12.6. The first kappa shape index (κ1) is 14.4. The zero-order chi connectivity index (χ0) is 14.0. The van der Waals surface area contributed by atoms with E-state index < -0.39 is 0 Å². The third-order valence-corrected chi connectivity index (χ3v) is 4.29. The number of phenolic OH excluding ortho intramolecular Hbond substituents is 1. The molecule has 0 bridgehead atoms. The van der Waals surface area contributed by atoms with Crippen molar-refractivity contribution in [2.45, 2.75) is 39.3 Å². The van der Waals surface area contributed by atoms with Crippen LogP contribution in [0.15, 0.2) is 12.1 Å². The van der Waals surface area contributed by atoms with Crippen LogP contribution in [-0.4, -0.2) is 48.1 Å². The molecule has 1 aliphatic rings. The predicted octanol–water partition coefficient (Wildman–Crippen LogP) is 2.54. The average molecular weight is 262 g/mol. The minimum Gasteiger partial charge on any atom is -0.507 e. The molecule has 1 fully saturated rings. The molecule has 19 heavy (non-hydrogen) atoms. The molecule has 0 unspecified atom stereocenters. The highest BCUT2D eigenvalue weighted by Crippen LogP contribution is 2.24. The first-order valence-electron chi connectivity index (χ1n) is 7.15. The first-order chi connectivity index (χ1) is 8.97. The number of aromatic hydroxyl groups is 1. The topological polar surface area (TPSA) is 26.7 Å². The second kappa shape index (κ2) is 5.93. The van der Waals surface area contributed by atoms with E-state index >= 15 is 0 Å². The number of aryl methyl sites for hydroxylation is 2. The standard InChI is InChI=1S/C16H26N2O/c1-12-9-14(10-13(2)16(12)19)11-18(4)15-5-7-17(3)8-6-15/h9-10,15,19H,5-8,11H2,1-4H3. The van der Waals surface area contributed by atoms with Gasteiger partial charge in [-0.1, -0.05) is 12.1 Å². The van der Waals surface area contributed by atoms with Gasteiger partial charge in [-0.2, -0.15) is 0 Å². The minimum atomic E-state index is 0.436. The van der Waals surface area contributed by atoms with Crippen LogP contribution in [0.25, 0.3) is 0 Å². The molecule has 106 valence electrons. The van der Waals surface area contributed by atoms with E-state index in [0.29, 0.717) is 11.8 Å². The largest absolute Gasteiger partial charge is 0.507 e. The summed E-state index contributed by atoms with van der Waals surface area (Å²) in [4.78, 5) is 4.86. The Kier molecular flexibility index (Phi) is 4.48. The summed E-state index contributed by atoms with van der Waals surface area (Å²) in [6, 6.07) is 4.90. The van der Waals surface area contributed by atoms with Crippen molar-refractivity contribution in [1.82, 2.24) is 9.80 Å². The van der Waals surface area contributed by atoms with Crippen LogP contribution in [0.1, 0.15) is 29.5 Å². The van der Waals surface area contributed by atoms with Crippen LogP contribution < -0.4 is 0 Å². The first-order valence-corrected chi connectivity index (χ1v) is 7.15. The molecule has 1 heterocycles. The molecule has 0 aliphatic carbocycles. The molecule has 3 nitrogen and oxygen atoms in total. The summed E-state index contributed by atoms with van der Waals surface area (Å²) < 4.78 is 0. The fraction of sp³-hybridized carbons (Fsp3) is 0.625. The van der Waals surface area contributed by atoms with Crippen molar-refractivity contribution in [3.63, 3.8) is 0 Å². The van der Waals surface area contributed by atoms with Crippen molar-refractivity contribution in [3.05, 3.63) is 28.8 Å². The summed E-state index contributed by atoms with van der Waals surface area (Å²) in [7, 11) is 4.41. The molecule has 1 aromatic carbocycles. The predicted molar refractivity (Wildman–Crippen MR) is 79.6 cm³/mol. The van der Waals surface area contributed by atoms with Crippen LogP contribution in [0.4, 0.5) is 0 Å². The maximum atomic E-state index is 9.82. The van der Waals surface area contributed by atoms with Crippen LogP contribution in [0.2, 0.25) is 0 Å². The number of rotatable bonds is 3. The van der Waals surface area contributed by atoms with Gasteiger partial charge in [0.2, 0.25) is 0 Å². The van der Waals surface area contributed by atoms with E-state index in [9.17, 15) is 5.11 Å². The number of benzene rings is 1. The molecule has 0 aromatic heterocycles. The van der Waals surface area contributed by atoms with Crippen LogP contribution in [0.3, 0.4) is 0 Å². The number of hydrogen-bond acceptors (Lipinski definition) is 3. The third kappa shape index (κ3) is 3.48. The van der Waals surface area contributed by atoms with E-state index in [4.69, 9.17) is 0 Å². The van der Waals surface area contributed by atoms with Gasteiger partial charge in [-0.3, -0.25) is 4.90 Å². The highest BCUT2D eigenvalue weighted by molar-refractivity contribution is 5.42. The van der Waals surface area contributed by atoms with Gasteiger partial charge in [0.25, 0.3) is 0 Å². The van der Waals surface area contributed by atoms with Gasteiger partial charge in [0.1, 0.15) is 5.75 Å². The minimum absolute atomic E-state index is 0.436. The highest BCUT2D eigenvalue weighted by Gasteiger charge is 2.20. The fourth-order valence-corrected chi connectivity index (χ4v) is 2.99. The lowest BCUT2D eigenvalue weighted by molar-refractivity contribution is 0.139. The monoisotopic (exact) mass is 262 g/mol. The molecule has 3 heteroatoms. The second-order valence-electron chi connectivity index (χ2n) is 6.03. The Morgan fingerprint density at radius 2 is 1.74 bits per heavy atom. The Morgan fingerprint density at radius 1 is 1.21 bits per heavy atom. The number of phenols is 1. The maximum absolute atomic E-state index is 9.82. The highest BCUT2D eigenvalue weighted by atomic mass is 16.3. The molecule has 1 aromatic rings. The zero-order valence-electron chi connectivity index (χ0n) is 12.6. The lowest BCUT2D eigenvalue weighted by Crippen LogP contribution is -2.41. The molecule has 0 amide bonds. The van der Waals surface area contributed by atoms with Gasteiger partial charge < -0.3 is 10.0 Å². The molecule has 0 spiro atoms. The van der Waals surface area contributed by atoms with Crippen LogP contribution >= 0.6 is 0 Å². The summed E-state index contributed by atoms with van der Waals surface area (Å²) in [6.07, 6.45) is 2.51. The summed E-state index contributed by atoms with van der Waals surface area (Å²) in [5.74, 6) is 0.436. The summed E-state index contributed by atoms with van der Waals surface area (Å²) >= 11 is 0. The number of piperidine rings is 1. The van der Waals surface area contributed by atoms with Gasteiger partial charge >= 0.3 is 0 Å². The summed E-state index contributed by atoms with van der Waals surface area (Å²) in [6.45, 7) is 7.31. The molecular formula is C16H26N2O. The molecule has 1 aliphatic heterocycles. The summed E-state index contributed by atoms with van der Waals surface area (Å²) in [5.41, 5.74) is 3.26. The van der Waals surface area contributed by atoms with Gasteiger partial charge in [-0.25, -0.2) is 0 Å². The maximum Gasteiger partial charge on any atom is 0.121 e. The Hall–Kier alpha value is -1.06. The third-order valence-electron chi connectivity index (χ3n) is 4.29. The molecule has 1 saturated heterocycles. The van der Waals surface area contributed by atoms with E-state index in [2.05, 4.69) is 36.0 Å². The van der Waals surface area contributed by atoms with Crippen molar-refractivity contribution in [2.75, 3.05) is 27.2 Å². The Balaban J connectivity index is 2.00. The normalized spacial score (nSPS) is 18.2. The fourth-order valence-electron chi connectivity index (χ4n) is 2.99. The van der Waals surface area contributed by atoms with Gasteiger partial charge in [-0.15, -0.1) is 0 Å². The molecule has 0 atom stereocenters. The van der Waals surface area contributed by atoms with Gasteiger partial charge in [0.15, 0.2) is 0 Å². The van der Waals surface area contributed by atoms with Crippen molar-refractivity contribution < 1.29 is 5.11 Å². The van der Waals surface area contributed by atoms with Crippen LogP contribution in [0.5, 0.6) is 5.75 Å². The second-order valence-corrected chi connectivity index (χ2v) is 6.03. The van der Waals surface area contributed by atoms with Gasteiger partial charge in [0.05, 0.1) is 0 Å². The Labute approximate surface area is 116 Å². The SMILES string of the molecule is Cc1cc(CN(C)C2CCN(C)CC2)cc(C)c1O. The lowest BCUT2D eigenvalue weighted by atomic mass is 10.0. The number of hydrogen-bond donors (Lipinski definition) is 1. The molecule has 2 rings (SSSR count). The molecular weight excluding hydrogens is 236 g/mol. The Morgan fingerprint density at radius 3 is 2.26 bits per heavy atom. The molecule has 1 N–H and O–H groups in total. The molecule has 0 saturated carbocycles. The summed E-state index contributed by atoms with van der Waals surface area (Å²) in [5, 5.41) is 9.82. The van der Waals surface area contributed by atoms with E-state index in [1.54, 1.807) is 0 Å². The van der Waals surface area contributed by atoms with Crippen molar-refractivity contribution >= 4 is 0 Å². The Bertz CT molecular complexity index is 413. The lowest BCUT2D eigenvalue weighted by Gasteiger charge is -2.35. The van der Waals surface area contributed by atoms with Crippen molar-refractivity contribution in [2.24, 2.45) is 0 Å². The average Bonchev–Trinajstić information content (AvgIpc) is 2.36. The van der Waals surface area contributed by atoms with Gasteiger partial charge in [-0.05, 0) is 70.6 Å². The van der Waals surface area contributed by atoms with E-state index in [1.165, 1.54) is 31.5 Å². The van der Waals surface area contributed by atoms with Crippen molar-refractivity contribution in [1.29, 1.82) is 0 Å². The van der Waals surface area contributed by atoms with Crippen molar-refractivity contribution in [3.8, 4) is 5.75 Å². The number of likely N-dealkylation sites (tertiary alicyclic amines) is 1.